The van der Waals surface area contributed by atoms with Crippen LogP contribution in [0.5, 0.6) is 0 Å². The summed E-state index contributed by atoms with van der Waals surface area (Å²) in [5, 5.41) is 2.45. The number of rotatable bonds is 7. The van der Waals surface area contributed by atoms with Crippen LogP contribution in [-0.2, 0) is 22.4 Å². The van der Waals surface area contributed by atoms with Gasteiger partial charge in [-0.3, -0.25) is 4.79 Å². The van der Waals surface area contributed by atoms with Crippen molar-refractivity contribution in [1.29, 1.82) is 0 Å². The molecule has 0 saturated heterocycles. The number of nitrogens with one attached hydrogen (secondary N) is 1. The molecule has 1 atom stereocenters. The number of likely N-dealkylation sites (N-methyl/N-ethyl adjacent to an activating group) is 1. The maximum Gasteiger partial charge on any atom is 0.408 e. The predicted molar refractivity (Wildman–Crippen MR) is 113 cm³/mol. The number of halogens is 4. The minimum Gasteiger partial charge on any atom is -0.444 e. The van der Waals surface area contributed by atoms with Gasteiger partial charge in [0.2, 0.25) is 12.3 Å². The zero-order valence-corrected chi connectivity index (χ0v) is 18.3. The minimum absolute atomic E-state index is 0.164. The zero-order valence-electron chi connectivity index (χ0n) is 18.3. The molecule has 5 nitrogen and oxygen atoms in total. The van der Waals surface area contributed by atoms with Crippen molar-refractivity contribution in [2.75, 3.05) is 11.9 Å². The molecule has 0 aliphatic carbocycles. The molecule has 0 radical (unpaired) electrons. The summed E-state index contributed by atoms with van der Waals surface area (Å²) < 4.78 is 57.5. The molecule has 0 aliphatic rings. The second-order valence-corrected chi connectivity index (χ2v) is 8.34. The zero-order chi connectivity index (χ0) is 24.1. The van der Waals surface area contributed by atoms with E-state index in [9.17, 15) is 27.2 Å². The van der Waals surface area contributed by atoms with E-state index in [1.165, 1.54) is 36.2 Å². The minimum atomic E-state index is -2.49. The lowest BCUT2D eigenvalue weighted by Crippen LogP contribution is -2.50. The summed E-state index contributed by atoms with van der Waals surface area (Å²) >= 11 is 0. The molecule has 0 spiro atoms. The number of anilines is 1. The van der Waals surface area contributed by atoms with Crippen molar-refractivity contribution in [3.8, 4) is 0 Å². The third-order valence-corrected chi connectivity index (χ3v) is 4.40. The van der Waals surface area contributed by atoms with E-state index in [-0.39, 0.29) is 12.0 Å². The Morgan fingerprint density at radius 2 is 1.53 bits per heavy atom. The van der Waals surface area contributed by atoms with Crippen molar-refractivity contribution in [3.63, 3.8) is 0 Å². The van der Waals surface area contributed by atoms with Gasteiger partial charge in [-0.25, -0.2) is 22.4 Å². The Bertz CT molecular complexity index is 923. The number of alkyl carbamates (subject to hydrolysis) is 1. The largest absolute Gasteiger partial charge is 0.444 e. The van der Waals surface area contributed by atoms with Gasteiger partial charge in [0.25, 0.3) is 0 Å². The average molecular weight is 454 g/mol. The van der Waals surface area contributed by atoms with Crippen molar-refractivity contribution in [1.82, 2.24) is 5.32 Å². The maximum absolute atomic E-state index is 13.6. The van der Waals surface area contributed by atoms with Gasteiger partial charge in [-0.1, -0.05) is 12.1 Å². The van der Waals surface area contributed by atoms with Crippen molar-refractivity contribution in [2.24, 2.45) is 0 Å². The monoisotopic (exact) mass is 454 g/mol. The van der Waals surface area contributed by atoms with Crippen LogP contribution in [0.25, 0.3) is 0 Å². The normalized spacial score (nSPS) is 12.4. The molecule has 1 N–H and O–H groups in total. The molecule has 2 amide bonds. The number of ether oxygens (including phenoxy) is 1. The Labute approximate surface area is 184 Å². The molecule has 174 valence electrons. The summed E-state index contributed by atoms with van der Waals surface area (Å²) in [6.07, 6.45) is -3.96. The first kappa shape index (κ1) is 25.2. The molecule has 0 heterocycles. The van der Waals surface area contributed by atoms with Crippen LogP contribution in [0.3, 0.4) is 0 Å². The highest BCUT2D eigenvalue weighted by atomic mass is 19.3. The molecule has 0 unspecified atom stereocenters. The van der Waals surface area contributed by atoms with Crippen LogP contribution < -0.4 is 10.2 Å². The molecule has 0 aliphatic heterocycles. The van der Waals surface area contributed by atoms with Gasteiger partial charge < -0.3 is 15.0 Å². The second kappa shape index (κ2) is 10.5. The Balaban J connectivity index is 2.25. The summed E-state index contributed by atoms with van der Waals surface area (Å²) in [5.74, 6) is -2.21. The molecule has 2 aromatic rings. The number of hydrogen-bond acceptors (Lipinski definition) is 3. The van der Waals surface area contributed by atoms with Crippen LogP contribution in [0.15, 0.2) is 42.5 Å². The first-order valence-electron chi connectivity index (χ1n) is 9.93. The van der Waals surface area contributed by atoms with Gasteiger partial charge >= 0.3 is 6.09 Å². The maximum atomic E-state index is 13.6. The predicted octanol–water partition coefficient (Wildman–Crippen LogP) is 4.87. The number of amides is 2. The molecule has 2 aromatic carbocycles. The van der Waals surface area contributed by atoms with Gasteiger partial charge in [-0.2, -0.15) is 0 Å². The van der Waals surface area contributed by atoms with E-state index in [2.05, 4.69) is 5.32 Å². The first-order valence-corrected chi connectivity index (χ1v) is 9.93. The lowest BCUT2D eigenvalue weighted by atomic mass is 10.0. The molecular formula is C23H26F4N2O3. The number of hydrogen-bond donors (Lipinski definition) is 1. The molecule has 9 heteroatoms. The van der Waals surface area contributed by atoms with Gasteiger partial charge in [0.15, 0.2) is 0 Å². The fraction of sp³-hybridized carbons (Fsp3) is 0.391. The topological polar surface area (TPSA) is 58.6 Å². The SMILES string of the molecule is CN(C(=O)[C@H](Cc1cc(F)cc(F)c1)NC(=O)OC(C)(C)C)c1ccc(CC(F)F)cc1. The quantitative estimate of drug-likeness (QED) is 0.608. The van der Waals surface area contributed by atoms with Gasteiger partial charge in [-0.05, 0) is 56.2 Å². The van der Waals surface area contributed by atoms with E-state index >= 15 is 0 Å². The van der Waals surface area contributed by atoms with Crippen molar-refractivity contribution in [2.45, 2.75) is 51.7 Å². The van der Waals surface area contributed by atoms with Crippen LogP contribution in [0, 0.1) is 11.6 Å². The van der Waals surface area contributed by atoms with Crippen LogP contribution >= 0.6 is 0 Å². The molecule has 0 saturated carbocycles. The summed E-state index contributed by atoms with van der Waals surface area (Å²) in [4.78, 5) is 26.6. The van der Waals surface area contributed by atoms with Crippen LogP contribution in [-0.4, -0.2) is 37.1 Å². The molecule has 2 rings (SSSR count). The molecule has 0 fully saturated rings. The lowest BCUT2D eigenvalue weighted by molar-refractivity contribution is -0.120. The van der Waals surface area contributed by atoms with Gasteiger partial charge in [0, 0.05) is 31.6 Å². The van der Waals surface area contributed by atoms with E-state index in [0.717, 1.165) is 12.1 Å². The Kier molecular flexibility index (Phi) is 8.24. The highest BCUT2D eigenvalue weighted by Crippen LogP contribution is 2.19. The molecule has 0 aromatic heterocycles. The summed E-state index contributed by atoms with van der Waals surface area (Å²) in [6, 6.07) is 7.60. The summed E-state index contributed by atoms with van der Waals surface area (Å²) in [5.41, 5.74) is 0.144. The third kappa shape index (κ3) is 7.86. The fourth-order valence-electron chi connectivity index (χ4n) is 3.01. The highest BCUT2D eigenvalue weighted by molar-refractivity contribution is 5.98. The number of carbonyl (C=O) groups excluding carboxylic acids is 2. The first-order chi connectivity index (χ1) is 14.8. The van der Waals surface area contributed by atoms with E-state index in [4.69, 9.17) is 4.74 Å². The van der Waals surface area contributed by atoms with E-state index in [1.54, 1.807) is 20.8 Å². The molecular weight excluding hydrogens is 428 g/mol. The number of nitrogens with zero attached hydrogens (tertiary/aromatic N) is 1. The summed E-state index contributed by atoms with van der Waals surface area (Å²) in [7, 11) is 1.44. The number of carbonyl (C=O) groups is 2. The Hall–Kier alpha value is -3.10. The summed E-state index contributed by atoms with van der Waals surface area (Å²) in [6.45, 7) is 4.95. The van der Waals surface area contributed by atoms with Crippen LogP contribution in [0.1, 0.15) is 31.9 Å². The van der Waals surface area contributed by atoms with Crippen molar-refractivity contribution in [3.05, 3.63) is 65.2 Å². The smallest absolute Gasteiger partial charge is 0.408 e. The molecule has 0 bridgehead atoms. The van der Waals surface area contributed by atoms with Crippen LogP contribution in [0.4, 0.5) is 28.0 Å². The van der Waals surface area contributed by atoms with Crippen LogP contribution in [0.2, 0.25) is 0 Å². The number of benzene rings is 2. The van der Waals surface area contributed by atoms with Gasteiger partial charge in [0.1, 0.15) is 23.3 Å². The molecule has 32 heavy (non-hydrogen) atoms. The lowest BCUT2D eigenvalue weighted by Gasteiger charge is -2.27. The van der Waals surface area contributed by atoms with Gasteiger partial charge in [-0.15, -0.1) is 0 Å². The van der Waals surface area contributed by atoms with Crippen molar-refractivity contribution < 1.29 is 31.9 Å². The number of alkyl halides is 2. The standard InChI is InChI=1S/C23H26F4N2O3/c1-23(2,3)32-22(31)28-19(11-15-9-16(24)13-17(25)10-15)21(30)29(4)18-7-5-14(6-8-18)12-20(26)27/h5-10,13,19-20H,11-12H2,1-4H3,(H,28,31)/t19-/m0/s1. The van der Waals surface area contributed by atoms with E-state index < -0.39 is 48.1 Å². The second-order valence-electron chi connectivity index (χ2n) is 8.34. The fourth-order valence-corrected chi connectivity index (χ4v) is 3.01. The van der Waals surface area contributed by atoms with Gasteiger partial charge in [0.05, 0.1) is 0 Å². The highest BCUT2D eigenvalue weighted by Gasteiger charge is 2.28. The third-order valence-electron chi connectivity index (χ3n) is 4.40. The van der Waals surface area contributed by atoms with E-state index in [1.807, 2.05) is 0 Å². The average Bonchev–Trinajstić information content (AvgIpc) is 2.64. The van der Waals surface area contributed by atoms with E-state index in [0.29, 0.717) is 17.3 Å². The Morgan fingerprint density at radius 1 is 0.969 bits per heavy atom. The van der Waals surface area contributed by atoms with Crippen molar-refractivity contribution >= 4 is 17.7 Å². The Morgan fingerprint density at radius 3 is 2.03 bits per heavy atom.